The number of carbonyl (C=O) groups excluding carboxylic acids is 1. The molecule has 26 heavy (non-hydrogen) atoms. The quantitative estimate of drug-likeness (QED) is 0.539. The van der Waals surface area contributed by atoms with Crippen LogP contribution in [0.2, 0.25) is 0 Å². The van der Waals surface area contributed by atoms with Crippen molar-refractivity contribution in [1.82, 2.24) is 20.1 Å². The summed E-state index contributed by atoms with van der Waals surface area (Å²) in [5, 5.41) is 12.3. The lowest BCUT2D eigenvalue weighted by atomic mass is 10.0. The molecule has 1 aromatic heterocycles. The highest BCUT2D eigenvalue weighted by molar-refractivity contribution is 8.00. The average Bonchev–Trinajstić information content (AvgIpc) is 3.43. The van der Waals surface area contributed by atoms with Gasteiger partial charge in [0.15, 0.2) is 5.16 Å². The highest BCUT2D eigenvalue weighted by Gasteiger charge is 2.31. The Labute approximate surface area is 159 Å². The molecule has 0 spiro atoms. The van der Waals surface area contributed by atoms with Crippen molar-refractivity contribution >= 4 is 17.7 Å². The molecule has 3 rings (SSSR count). The van der Waals surface area contributed by atoms with Gasteiger partial charge in [-0.05, 0) is 31.2 Å². The first-order valence-electron chi connectivity index (χ1n) is 9.13. The van der Waals surface area contributed by atoms with Crippen LogP contribution in [0.5, 0.6) is 0 Å². The normalized spacial score (nSPS) is 16.1. The molecule has 1 fully saturated rings. The Hall–Kier alpha value is -2.08. The molecular weight excluding hydrogens is 344 g/mol. The van der Waals surface area contributed by atoms with E-state index in [1.54, 1.807) is 0 Å². The van der Waals surface area contributed by atoms with Crippen LogP contribution in [0.3, 0.4) is 0 Å². The zero-order valence-electron chi connectivity index (χ0n) is 15.4. The molecular formula is C20H26N4OS. The van der Waals surface area contributed by atoms with E-state index in [1.807, 2.05) is 31.2 Å². The molecule has 0 saturated heterocycles. The molecule has 5 nitrogen and oxygen atoms in total. The molecule has 0 radical (unpaired) electrons. The van der Waals surface area contributed by atoms with Crippen LogP contribution in [-0.4, -0.2) is 32.5 Å². The van der Waals surface area contributed by atoms with Gasteiger partial charge in [-0.25, -0.2) is 0 Å². The summed E-state index contributed by atoms with van der Waals surface area (Å²) in [5.41, 5.74) is 1.23. The van der Waals surface area contributed by atoms with Gasteiger partial charge in [-0.3, -0.25) is 4.79 Å². The molecule has 1 aromatic carbocycles. The van der Waals surface area contributed by atoms with Gasteiger partial charge in [0, 0.05) is 19.0 Å². The summed E-state index contributed by atoms with van der Waals surface area (Å²) in [7, 11) is 0. The Bertz CT molecular complexity index is 754. The topological polar surface area (TPSA) is 59.8 Å². The monoisotopic (exact) mass is 370 g/mol. The van der Waals surface area contributed by atoms with Crippen molar-refractivity contribution in [3.8, 4) is 0 Å². The maximum Gasteiger partial charge on any atom is 0.233 e. The molecule has 1 aliphatic rings. The van der Waals surface area contributed by atoms with Crippen molar-refractivity contribution in [2.75, 3.05) is 6.54 Å². The molecule has 0 aliphatic heterocycles. The van der Waals surface area contributed by atoms with Gasteiger partial charge in [-0.2, -0.15) is 0 Å². The summed E-state index contributed by atoms with van der Waals surface area (Å²) in [6.07, 6.45) is 4.20. The number of benzene rings is 1. The van der Waals surface area contributed by atoms with Gasteiger partial charge in [-0.1, -0.05) is 55.1 Å². The summed E-state index contributed by atoms with van der Waals surface area (Å²) < 4.78 is 2.09. The minimum atomic E-state index is -0.224. The summed E-state index contributed by atoms with van der Waals surface area (Å²) in [6, 6.07) is 10.2. The second kappa shape index (κ2) is 8.54. The van der Waals surface area contributed by atoms with Crippen LogP contribution in [0.25, 0.3) is 0 Å². The van der Waals surface area contributed by atoms with E-state index in [2.05, 4.69) is 45.7 Å². The van der Waals surface area contributed by atoms with E-state index < -0.39 is 0 Å². The van der Waals surface area contributed by atoms with E-state index in [4.69, 9.17) is 0 Å². The Morgan fingerprint density at radius 2 is 2.08 bits per heavy atom. The maximum absolute atomic E-state index is 12.5. The van der Waals surface area contributed by atoms with Gasteiger partial charge in [0.2, 0.25) is 5.91 Å². The fourth-order valence-corrected chi connectivity index (χ4v) is 3.73. The first-order chi connectivity index (χ1) is 12.6. The maximum atomic E-state index is 12.5. The molecule has 0 bridgehead atoms. The van der Waals surface area contributed by atoms with Crippen molar-refractivity contribution in [3.05, 3.63) is 54.4 Å². The first kappa shape index (κ1) is 18.7. The third-order valence-electron chi connectivity index (χ3n) is 4.60. The Kier molecular flexibility index (Phi) is 6.14. The number of hydrogen-bond donors (Lipinski definition) is 1. The second-order valence-electron chi connectivity index (χ2n) is 6.83. The van der Waals surface area contributed by atoms with Crippen molar-refractivity contribution in [1.29, 1.82) is 0 Å². The Morgan fingerprint density at radius 3 is 2.73 bits per heavy atom. The molecule has 1 N–H and O–H groups in total. The van der Waals surface area contributed by atoms with E-state index in [0.717, 1.165) is 11.0 Å². The van der Waals surface area contributed by atoms with E-state index in [-0.39, 0.29) is 17.1 Å². The lowest BCUT2D eigenvalue weighted by Crippen LogP contribution is -2.33. The van der Waals surface area contributed by atoms with Crippen LogP contribution < -0.4 is 5.32 Å². The summed E-state index contributed by atoms with van der Waals surface area (Å²) in [5.74, 6) is 1.85. The standard InChI is InChI=1S/C20H26N4OS/c1-4-12-24-18(17-10-11-17)22-23-20(24)26-15(3)19(25)21-13-14(2)16-8-6-5-7-9-16/h4-9,14-15,17H,1,10-13H2,2-3H3,(H,21,25). The molecule has 2 aromatic rings. The molecule has 1 saturated carbocycles. The predicted molar refractivity (Wildman–Crippen MR) is 105 cm³/mol. The van der Waals surface area contributed by atoms with Crippen molar-refractivity contribution in [2.24, 2.45) is 0 Å². The highest BCUT2D eigenvalue weighted by Crippen LogP contribution is 2.40. The summed E-state index contributed by atoms with van der Waals surface area (Å²) in [6.45, 7) is 9.17. The van der Waals surface area contributed by atoms with Crippen LogP contribution in [0.4, 0.5) is 0 Å². The van der Waals surface area contributed by atoms with Gasteiger partial charge in [0.25, 0.3) is 0 Å². The molecule has 2 unspecified atom stereocenters. The smallest absolute Gasteiger partial charge is 0.233 e. The third-order valence-corrected chi connectivity index (χ3v) is 5.68. The van der Waals surface area contributed by atoms with E-state index >= 15 is 0 Å². The number of carbonyl (C=O) groups is 1. The number of hydrogen-bond acceptors (Lipinski definition) is 4. The number of aromatic nitrogens is 3. The van der Waals surface area contributed by atoms with Crippen LogP contribution in [-0.2, 0) is 11.3 Å². The lowest BCUT2D eigenvalue weighted by Gasteiger charge is -2.16. The SMILES string of the molecule is C=CCn1c(SC(C)C(=O)NCC(C)c2ccccc2)nnc1C1CC1. The van der Waals surface area contributed by atoms with Crippen LogP contribution in [0, 0.1) is 0 Å². The van der Waals surface area contributed by atoms with Crippen molar-refractivity contribution < 1.29 is 4.79 Å². The Morgan fingerprint density at radius 1 is 1.35 bits per heavy atom. The number of nitrogens with zero attached hydrogens (tertiary/aromatic N) is 3. The number of amides is 1. The fraction of sp³-hybridized carbons (Fsp3) is 0.450. The molecule has 1 heterocycles. The van der Waals surface area contributed by atoms with Gasteiger partial charge in [-0.15, -0.1) is 16.8 Å². The van der Waals surface area contributed by atoms with Crippen molar-refractivity contribution in [2.45, 2.75) is 55.5 Å². The highest BCUT2D eigenvalue weighted by atomic mass is 32.2. The molecule has 2 atom stereocenters. The summed E-state index contributed by atoms with van der Waals surface area (Å²) >= 11 is 1.46. The zero-order valence-corrected chi connectivity index (χ0v) is 16.2. The van der Waals surface area contributed by atoms with Gasteiger partial charge < -0.3 is 9.88 Å². The van der Waals surface area contributed by atoms with Gasteiger partial charge >= 0.3 is 0 Å². The Balaban J connectivity index is 1.56. The molecule has 6 heteroatoms. The zero-order chi connectivity index (χ0) is 18.5. The predicted octanol–water partition coefficient (Wildman–Crippen LogP) is 3.74. The van der Waals surface area contributed by atoms with Gasteiger partial charge in [0.05, 0.1) is 5.25 Å². The van der Waals surface area contributed by atoms with Crippen LogP contribution in [0.1, 0.15) is 49.9 Å². The molecule has 1 aliphatic carbocycles. The average molecular weight is 371 g/mol. The minimum absolute atomic E-state index is 0.0268. The lowest BCUT2D eigenvalue weighted by molar-refractivity contribution is -0.120. The molecule has 138 valence electrons. The molecule has 1 amide bonds. The van der Waals surface area contributed by atoms with Crippen LogP contribution in [0.15, 0.2) is 48.1 Å². The van der Waals surface area contributed by atoms with E-state index in [0.29, 0.717) is 19.0 Å². The fourth-order valence-electron chi connectivity index (χ4n) is 2.84. The number of allylic oxidation sites excluding steroid dienone is 1. The first-order valence-corrected chi connectivity index (χ1v) is 10.0. The number of nitrogens with one attached hydrogen (secondary N) is 1. The number of rotatable bonds is 9. The third kappa shape index (κ3) is 4.55. The van der Waals surface area contributed by atoms with E-state index in [1.165, 1.54) is 30.2 Å². The number of thioether (sulfide) groups is 1. The van der Waals surface area contributed by atoms with Crippen molar-refractivity contribution in [3.63, 3.8) is 0 Å². The largest absolute Gasteiger partial charge is 0.355 e. The second-order valence-corrected chi connectivity index (χ2v) is 8.14. The van der Waals surface area contributed by atoms with Gasteiger partial charge in [0.1, 0.15) is 5.82 Å². The van der Waals surface area contributed by atoms with Crippen LogP contribution >= 0.6 is 11.8 Å². The van der Waals surface area contributed by atoms with E-state index in [9.17, 15) is 4.79 Å². The summed E-state index contributed by atoms with van der Waals surface area (Å²) in [4.78, 5) is 12.5. The minimum Gasteiger partial charge on any atom is -0.355 e.